The molecule has 0 aliphatic rings. The number of carbonyl (C=O) groups is 1. The molecule has 0 saturated heterocycles. The highest BCUT2D eigenvalue weighted by Gasteiger charge is 2.19. The molecule has 0 saturated carbocycles. The molecule has 7 nitrogen and oxygen atoms in total. The monoisotopic (exact) mass is 427 g/mol. The molecule has 158 valence electrons. The minimum Gasteiger partial charge on any atom is -0.496 e. The summed E-state index contributed by atoms with van der Waals surface area (Å²) < 4.78 is 7.21. The Bertz CT molecular complexity index is 972. The van der Waals surface area contributed by atoms with Crippen molar-refractivity contribution in [3.8, 4) is 11.4 Å². The summed E-state index contributed by atoms with van der Waals surface area (Å²) in [5.74, 6) is 0.799. The number of nitrogens with one attached hydrogen (secondary N) is 2. The van der Waals surface area contributed by atoms with Crippen LogP contribution in [-0.4, -0.2) is 48.5 Å². The molecule has 3 aromatic rings. The molecule has 0 aliphatic heterocycles. The summed E-state index contributed by atoms with van der Waals surface area (Å²) >= 11 is 5.92. The number of benzene rings is 2. The summed E-state index contributed by atoms with van der Waals surface area (Å²) in [6, 6.07) is 15.0. The number of hydrogen-bond acceptors (Lipinski definition) is 4. The SMILES string of the molecule is COc1ccccc1C(CNC(=O)NCc1cnn(-c2ccc(Cl)cc2)c1)N(C)C. The van der Waals surface area contributed by atoms with Gasteiger partial charge in [0.15, 0.2) is 0 Å². The molecule has 1 aromatic heterocycles. The van der Waals surface area contributed by atoms with Gasteiger partial charge in [0.05, 0.1) is 25.0 Å². The van der Waals surface area contributed by atoms with Crippen LogP contribution in [0.1, 0.15) is 17.2 Å². The summed E-state index contributed by atoms with van der Waals surface area (Å²) in [6.07, 6.45) is 3.60. The maximum atomic E-state index is 12.3. The zero-order valence-electron chi connectivity index (χ0n) is 17.3. The third-order valence-corrected chi connectivity index (χ3v) is 5.01. The summed E-state index contributed by atoms with van der Waals surface area (Å²) in [5.41, 5.74) is 2.82. The smallest absolute Gasteiger partial charge is 0.315 e. The van der Waals surface area contributed by atoms with Gasteiger partial charge < -0.3 is 20.3 Å². The van der Waals surface area contributed by atoms with Crippen LogP contribution in [0.15, 0.2) is 60.9 Å². The third kappa shape index (κ3) is 5.52. The number of nitrogens with zero attached hydrogens (tertiary/aromatic N) is 3. The first kappa shape index (κ1) is 21.7. The van der Waals surface area contributed by atoms with Crippen LogP contribution in [0.2, 0.25) is 5.02 Å². The van der Waals surface area contributed by atoms with Crippen molar-refractivity contribution in [3.05, 3.63) is 77.1 Å². The van der Waals surface area contributed by atoms with Crippen molar-refractivity contribution in [2.24, 2.45) is 0 Å². The summed E-state index contributed by atoms with van der Waals surface area (Å²) in [4.78, 5) is 14.4. The minimum absolute atomic E-state index is 0.0143. The number of halogens is 1. The van der Waals surface area contributed by atoms with Gasteiger partial charge in [-0.05, 0) is 44.4 Å². The van der Waals surface area contributed by atoms with E-state index in [0.29, 0.717) is 18.1 Å². The largest absolute Gasteiger partial charge is 0.496 e. The number of carbonyl (C=O) groups excluding carboxylic acids is 1. The second-order valence-electron chi connectivity index (χ2n) is 7.05. The van der Waals surface area contributed by atoms with Crippen LogP contribution < -0.4 is 15.4 Å². The molecular weight excluding hydrogens is 402 g/mol. The van der Waals surface area contributed by atoms with Crippen molar-refractivity contribution in [1.82, 2.24) is 25.3 Å². The molecule has 3 rings (SSSR count). The van der Waals surface area contributed by atoms with Crippen LogP contribution >= 0.6 is 11.6 Å². The topological polar surface area (TPSA) is 71.4 Å². The van der Waals surface area contributed by atoms with E-state index in [0.717, 1.165) is 22.6 Å². The Morgan fingerprint density at radius 2 is 1.90 bits per heavy atom. The second kappa shape index (κ2) is 10.1. The van der Waals surface area contributed by atoms with Crippen LogP contribution in [0.5, 0.6) is 5.75 Å². The third-order valence-electron chi connectivity index (χ3n) is 4.76. The molecular formula is C22H26ClN5O2. The van der Waals surface area contributed by atoms with Crippen LogP contribution in [0, 0.1) is 0 Å². The molecule has 0 fully saturated rings. The zero-order valence-corrected chi connectivity index (χ0v) is 18.1. The number of rotatable bonds is 8. The molecule has 2 amide bonds. The second-order valence-corrected chi connectivity index (χ2v) is 7.49. The van der Waals surface area contributed by atoms with E-state index < -0.39 is 0 Å². The molecule has 30 heavy (non-hydrogen) atoms. The van der Waals surface area contributed by atoms with Crippen molar-refractivity contribution in [2.45, 2.75) is 12.6 Å². The van der Waals surface area contributed by atoms with Crippen LogP contribution in [0.3, 0.4) is 0 Å². The first-order valence-corrected chi connectivity index (χ1v) is 9.96. The average Bonchev–Trinajstić information content (AvgIpc) is 3.22. The lowest BCUT2D eigenvalue weighted by molar-refractivity contribution is 0.231. The molecule has 2 N–H and O–H groups in total. The lowest BCUT2D eigenvalue weighted by Crippen LogP contribution is -2.40. The highest BCUT2D eigenvalue weighted by atomic mass is 35.5. The fourth-order valence-electron chi connectivity index (χ4n) is 3.13. The number of para-hydroxylation sites is 1. The lowest BCUT2D eigenvalue weighted by atomic mass is 10.0. The highest BCUT2D eigenvalue weighted by Crippen LogP contribution is 2.27. The van der Waals surface area contributed by atoms with Crippen molar-refractivity contribution in [1.29, 1.82) is 0 Å². The predicted octanol–water partition coefficient (Wildman–Crippen LogP) is 3.64. The van der Waals surface area contributed by atoms with E-state index in [-0.39, 0.29) is 12.1 Å². The van der Waals surface area contributed by atoms with Gasteiger partial charge in [-0.25, -0.2) is 9.48 Å². The lowest BCUT2D eigenvalue weighted by Gasteiger charge is -2.26. The molecule has 1 atom stereocenters. The van der Waals surface area contributed by atoms with Gasteiger partial charge >= 0.3 is 6.03 Å². The van der Waals surface area contributed by atoms with Crippen LogP contribution in [-0.2, 0) is 6.54 Å². The number of ether oxygens (including phenoxy) is 1. The number of hydrogen-bond donors (Lipinski definition) is 2. The van der Waals surface area contributed by atoms with E-state index in [1.54, 1.807) is 18.0 Å². The van der Waals surface area contributed by atoms with Gasteiger partial charge in [-0.2, -0.15) is 5.10 Å². The first-order chi connectivity index (χ1) is 14.5. The standard InChI is InChI=1S/C22H26ClN5O2/c1-27(2)20(19-6-4-5-7-21(19)30-3)14-25-22(29)24-12-16-13-26-28(15-16)18-10-8-17(23)9-11-18/h4-11,13,15,20H,12,14H2,1-3H3,(H2,24,25,29). The predicted molar refractivity (Wildman–Crippen MR) is 118 cm³/mol. The van der Waals surface area contributed by atoms with Gasteiger partial charge in [-0.15, -0.1) is 0 Å². The van der Waals surface area contributed by atoms with E-state index in [2.05, 4.69) is 15.7 Å². The van der Waals surface area contributed by atoms with Gasteiger partial charge in [-0.1, -0.05) is 29.8 Å². The minimum atomic E-state index is -0.240. The van der Waals surface area contributed by atoms with Crippen LogP contribution in [0.4, 0.5) is 4.79 Å². The zero-order chi connectivity index (χ0) is 21.5. The van der Waals surface area contributed by atoms with E-state index in [1.165, 1.54) is 0 Å². The van der Waals surface area contributed by atoms with E-state index in [1.807, 2.05) is 73.7 Å². The summed E-state index contributed by atoms with van der Waals surface area (Å²) in [5, 5.41) is 10.8. The number of amides is 2. The fourth-order valence-corrected chi connectivity index (χ4v) is 3.26. The van der Waals surface area contributed by atoms with Gasteiger partial charge in [0.1, 0.15) is 5.75 Å². The molecule has 0 spiro atoms. The Hall–Kier alpha value is -3.03. The summed E-state index contributed by atoms with van der Waals surface area (Å²) in [7, 11) is 5.60. The molecule has 0 radical (unpaired) electrons. The number of methoxy groups -OCH3 is 1. The highest BCUT2D eigenvalue weighted by molar-refractivity contribution is 6.30. The van der Waals surface area contributed by atoms with Gasteiger partial charge in [0.2, 0.25) is 0 Å². The molecule has 8 heteroatoms. The van der Waals surface area contributed by atoms with E-state index >= 15 is 0 Å². The van der Waals surface area contributed by atoms with E-state index in [9.17, 15) is 4.79 Å². The van der Waals surface area contributed by atoms with Gasteiger partial charge in [0, 0.05) is 35.4 Å². The Labute approximate surface area is 181 Å². The molecule has 1 unspecified atom stereocenters. The van der Waals surface area contributed by atoms with Crippen molar-refractivity contribution < 1.29 is 9.53 Å². The fraction of sp³-hybridized carbons (Fsp3) is 0.273. The van der Waals surface area contributed by atoms with Crippen molar-refractivity contribution >= 4 is 17.6 Å². The van der Waals surface area contributed by atoms with Crippen molar-refractivity contribution in [3.63, 3.8) is 0 Å². The molecule has 1 heterocycles. The number of likely N-dealkylation sites (N-methyl/N-ethyl adjacent to an activating group) is 1. The maximum absolute atomic E-state index is 12.3. The Morgan fingerprint density at radius 3 is 2.60 bits per heavy atom. The van der Waals surface area contributed by atoms with Crippen molar-refractivity contribution in [2.75, 3.05) is 27.7 Å². The number of aromatic nitrogens is 2. The van der Waals surface area contributed by atoms with Gasteiger partial charge in [-0.3, -0.25) is 0 Å². The number of urea groups is 1. The summed E-state index contributed by atoms with van der Waals surface area (Å²) in [6.45, 7) is 0.823. The molecule has 0 bridgehead atoms. The molecule has 0 aliphatic carbocycles. The quantitative estimate of drug-likeness (QED) is 0.575. The Balaban J connectivity index is 1.54. The Morgan fingerprint density at radius 1 is 1.17 bits per heavy atom. The van der Waals surface area contributed by atoms with E-state index in [4.69, 9.17) is 16.3 Å². The molecule has 2 aromatic carbocycles. The first-order valence-electron chi connectivity index (χ1n) is 9.58. The maximum Gasteiger partial charge on any atom is 0.315 e. The van der Waals surface area contributed by atoms with Crippen LogP contribution in [0.25, 0.3) is 5.69 Å². The Kier molecular flexibility index (Phi) is 7.32. The van der Waals surface area contributed by atoms with Gasteiger partial charge in [0.25, 0.3) is 0 Å². The normalized spacial score (nSPS) is 11.9. The average molecular weight is 428 g/mol.